The zero-order valence-electron chi connectivity index (χ0n) is 25.5. The summed E-state index contributed by atoms with van der Waals surface area (Å²) in [6.45, 7) is 1.93. The number of rotatable bonds is 11. The van der Waals surface area contributed by atoms with Crippen molar-refractivity contribution in [3.8, 4) is 11.5 Å². The lowest BCUT2D eigenvalue weighted by atomic mass is 10.1. The fourth-order valence-electron chi connectivity index (χ4n) is 4.87. The molecule has 0 radical (unpaired) electrons. The number of benzene rings is 4. The number of nitrogens with one attached hydrogen (secondary N) is 3. The summed E-state index contributed by atoms with van der Waals surface area (Å²) in [4.78, 5) is 27.7. The molecule has 244 valence electrons. The lowest BCUT2D eigenvalue weighted by molar-refractivity contribution is 0.0407. The topological polar surface area (TPSA) is 170 Å². The molecule has 6 rings (SSSR count). The van der Waals surface area contributed by atoms with Crippen molar-refractivity contribution in [1.82, 2.24) is 24.6 Å². The first kappa shape index (κ1) is 31.9. The van der Waals surface area contributed by atoms with Gasteiger partial charge in [-0.1, -0.05) is 30.3 Å². The number of methoxy groups -OCH3 is 1. The van der Waals surface area contributed by atoms with Crippen LogP contribution in [0.2, 0.25) is 0 Å². The zero-order valence-corrected chi connectivity index (χ0v) is 26.3. The lowest BCUT2D eigenvalue weighted by Gasteiger charge is -2.12. The van der Waals surface area contributed by atoms with Crippen molar-refractivity contribution in [2.24, 2.45) is 0 Å². The molecule has 0 unspecified atom stereocenters. The minimum atomic E-state index is -4.08. The zero-order chi connectivity index (χ0) is 33.8. The van der Waals surface area contributed by atoms with Gasteiger partial charge in [0.25, 0.3) is 10.0 Å². The Bertz CT molecular complexity index is 2260. The quantitative estimate of drug-likeness (QED) is 0.127. The van der Waals surface area contributed by atoms with Crippen LogP contribution in [0.1, 0.15) is 21.5 Å². The predicted octanol–water partition coefficient (Wildman–Crippen LogP) is 5.57. The van der Waals surface area contributed by atoms with Crippen LogP contribution >= 0.6 is 0 Å². The third-order valence-corrected chi connectivity index (χ3v) is 8.56. The summed E-state index contributed by atoms with van der Waals surface area (Å²) in [5.41, 5.74) is 3.17. The molecule has 4 N–H and O–H groups in total. The van der Waals surface area contributed by atoms with Crippen LogP contribution < -0.4 is 20.3 Å². The first-order chi connectivity index (χ1) is 23.1. The van der Waals surface area contributed by atoms with Crippen molar-refractivity contribution in [3.63, 3.8) is 0 Å². The van der Waals surface area contributed by atoms with E-state index in [9.17, 15) is 22.7 Å². The molecule has 0 spiro atoms. The smallest absolute Gasteiger partial charge is 0.357 e. The van der Waals surface area contributed by atoms with Gasteiger partial charge in [-0.15, -0.1) is 0 Å². The van der Waals surface area contributed by atoms with Gasteiger partial charge in [0.05, 0.1) is 42.0 Å². The normalized spacial score (nSPS) is 11.3. The lowest BCUT2D eigenvalue weighted by Crippen LogP contribution is -2.28. The number of hydrogen-bond donors (Lipinski definition) is 4. The van der Waals surface area contributed by atoms with Crippen molar-refractivity contribution in [2.45, 2.75) is 18.4 Å². The monoisotopic (exact) mass is 669 g/mol. The fraction of sp³-hybridized carbons (Fsp3) is 0.0909. The molecule has 0 aliphatic rings. The van der Waals surface area contributed by atoms with Crippen LogP contribution in [0.15, 0.2) is 102 Å². The number of phenolic OH excluding ortho intramolecular Hbond substituents is 1. The van der Waals surface area contributed by atoms with E-state index in [1.807, 2.05) is 17.0 Å². The second-order valence-electron chi connectivity index (χ2n) is 10.5. The van der Waals surface area contributed by atoms with Crippen LogP contribution in [0, 0.1) is 12.7 Å². The summed E-state index contributed by atoms with van der Waals surface area (Å²) in [5.74, 6) is -1.09. The summed E-state index contributed by atoms with van der Waals surface area (Å²) >= 11 is 0. The minimum absolute atomic E-state index is 0.00306. The Hall–Kier alpha value is -6.06. The number of ether oxygens (including phenoxy) is 1. The molecule has 0 aliphatic carbocycles. The molecule has 2 aromatic heterocycles. The number of anilines is 4. The average Bonchev–Trinajstić information content (AvgIpc) is 3.47. The van der Waals surface area contributed by atoms with E-state index in [4.69, 9.17) is 9.57 Å². The highest BCUT2D eigenvalue weighted by molar-refractivity contribution is 7.89. The molecular formula is C33H28FN7O6S. The Balaban J connectivity index is 1.14. The summed E-state index contributed by atoms with van der Waals surface area (Å²) in [6.07, 6.45) is 2.72. The SMILES string of the molecule is COc1cc(C(=O)ONS(=O)(=O)c2ccccc2C)ccc1Cn1ncc2cc(Nc3ncc(F)c(Nc4cccc(O)c4)n3)ccc21. The second-order valence-corrected chi connectivity index (χ2v) is 12.1. The standard InChI is InChI=1S/C33H28FN7O6S/c1-20-6-3-4-9-30(20)48(44,45)40-47-32(43)21-10-11-22(29(15-21)46-2)19-41-28-13-12-25(14-23(28)17-36-41)38-33-35-18-27(34)31(39-33)37-24-7-5-8-26(42)16-24/h3-18,40,42H,19H2,1-2H3,(H2,35,37,38,39). The number of carbonyl (C=O) groups excluding carboxylic acids is 1. The van der Waals surface area contributed by atoms with Gasteiger partial charge >= 0.3 is 5.97 Å². The van der Waals surface area contributed by atoms with Crippen LogP contribution in [-0.4, -0.2) is 46.4 Å². The highest BCUT2D eigenvalue weighted by atomic mass is 32.2. The van der Waals surface area contributed by atoms with E-state index < -0.39 is 21.8 Å². The first-order valence-corrected chi connectivity index (χ1v) is 15.8. The number of aromatic nitrogens is 4. The third-order valence-electron chi connectivity index (χ3n) is 7.22. The Morgan fingerprint density at radius 2 is 1.77 bits per heavy atom. The minimum Gasteiger partial charge on any atom is -0.508 e. The first-order valence-electron chi connectivity index (χ1n) is 14.4. The van der Waals surface area contributed by atoms with Gasteiger partial charge < -0.3 is 25.3 Å². The predicted molar refractivity (Wildman–Crippen MR) is 175 cm³/mol. The number of phenols is 1. The van der Waals surface area contributed by atoms with E-state index >= 15 is 0 Å². The van der Waals surface area contributed by atoms with Crippen molar-refractivity contribution < 1.29 is 32.3 Å². The van der Waals surface area contributed by atoms with Gasteiger partial charge in [0, 0.05) is 28.4 Å². The molecule has 15 heteroatoms. The third kappa shape index (κ3) is 7.01. The van der Waals surface area contributed by atoms with Crippen LogP contribution in [0.5, 0.6) is 11.5 Å². The van der Waals surface area contributed by atoms with E-state index in [1.165, 1.54) is 37.4 Å². The van der Waals surface area contributed by atoms with Gasteiger partial charge in [0.1, 0.15) is 11.5 Å². The molecule has 6 aromatic rings. The average molecular weight is 670 g/mol. The largest absolute Gasteiger partial charge is 0.508 e. The molecule has 0 aliphatic heterocycles. The number of fused-ring (bicyclic) bond motifs is 1. The number of hydrogen-bond acceptors (Lipinski definition) is 11. The second kappa shape index (κ2) is 13.4. The van der Waals surface area contributed by atoms with Crippen molar-refractivity contribution in [1.29, 1.82) is 0 Å². The Kier molecular flexibility index (Phi) is 8.87. The van der Waals surface area contributed by atoms with Crippen LogP contribution in [0.25, 0.3) is 10.9 Å². The summed E-state index contributed by atoms with van der Waals surface area (Å²) in [5, 5.41) is 20.9. The number of sulfonamides is 1. The Morgan fingerprint density at radius 3 is 2.56 bits per heavy atom. The number of carbonyl (C=O) groups is 1. The molecule has 2 heterocycles. The summed E-state index contributed by atoms with van der Waals surface area (Å²) in [6, 6.07) is 22.7. The van der Waals surface area contributed by atoms with E-state index in [2.05, 4.69) is 25.7 Å². The number of aromatic hydroxyl groups is 1. The van der Waals surface area contributed by atoms with Gasteiger partial charge in [-0.05, 0) is 65.9 Å². The van der Waals surface area contributed by atoms with Crippen molar-refractivity contribution in [2.75, 3.05) is 17.7 Å². The highest BCUT2D eigenvalue weighted by Crippen LogP contribution is 2.27. The maximum atomic E-state index is 14.4. The summed E-state index contributed by atoms with van der Waals surface area (Å²) in [7, 11) is -2.63. The molecule has 0 saturated carbocycles. The van der Waals surface area contributed by atoms with Crippen LogP contribution in [0.4, 0.5) is 27.5 Å². The molecule has 0 amide bonds. The number of aryl methyl sites for hydroxylation is 1. The molecule has 13 nitrogen and oxygen atoms in total. The fourth-order valence-corrected chi connectivity index (χ4v) is 5.90. The number of halogens is 1. The Labute approximate surface area is 274 Å². The Morgan fingerprint density at radius 1 is 0.958 bits per heavy atom. The molecular weight excluding hydrogens is 641 g/mol. The molecule has 0 atom stereocenters. The summed E-state index contributed by atoms with van der Waals surface area (Å²) < 4.78 is 46.9. The van der Waals surface area contributed by atoms with Crippen LogP contribution in [-0.2, 0) is 21.4 Å². The van der Waals surface area contributed by atoms with Gasteiger partial charge in [-0.2, -0.15) is 10.1 Å². The highest BCUT2D eigenvalue weighted by Gasteiger charge is 2.20. The van der Waals surface area contributed by atoms with E-state index in [-0.39, 0.29) is 28.0 Å². The van der Waals surface area contributed by atoms with Crippen LogP contribution in [0.3, 0.4) is 0 Å². The van der Waals surface area contributed by atoms with Crippen molar-refractivity contribution >= 4 is 50.0 Å². The van der Waals surface area contributed by atoms with Gasteiger partial charge in [0.15, 0.2) is 11.6 Å². The molecule has 48 heavy (non-hydrogen) atoms. The van der Waals surface area contributed by atoms with Crippen molar-refractivity contribution in [3.05, 3.63) is 120 Å². The molecule has 0 fully saturated rings. The molecule has 0 bridgehead atoms. The molecule has 0 saturated heterocycles. The number of nitrogens with zero attached hydrogens (tertiary/aromatic N) is 4. The van der Waals surface area contributed by atoms with E-state index in [1.54, 1.807) is 60.3 Å². The van der Waals surface area contributed by atoms with E-state index in [0.717, 1.165) is 17.1 Å². The van der Waals surface area contributed by atoms with Gasteiger partial charge in [-0.3, -0.25) is 4.68 Å². The molecule has 4 aromatic carbocycles. The van der Waals surface area contributed by atoms with Gasteiger partial charge in [-0.25, -0.2) is 22.6 Å². The van der Waals surface area contributed by atoms with Gasteiger partial charge in [0.2, 0.25) is 5.95 Å². The maximum Gasteiger partial charge on any atom is 0.357 e. The van der Waals surface area contributed by atoms with E-state index in [0.29, 0.717) is 34.8 Å². The maximum absolute atomic E-state index is 14.4.